The van der Waals surface area contributed by atoms with Crippen LogP contribution < -0.4 is 11.1 Å². The van der Waals surface area contributed by atoms with Gasteiger partial charge in [0.15, 0.2) is 0 Å². The molecule has 1 aromatic heterocycles. The van der Waals surface area contributed by atoms with Gasteiger partial charge in [-0.1, -0.05) is 30.3 Å². The summed E-state index contributed by atoms with van der Waals surface area (Å²) in [5, 5.41) is 2.96. The van der Waals surface area contributed by atoms with E-state index in [9.17, 15) is 18.0 Å². The summed E-state index contributed by atoms with van der Waals surface area (Å²) < 4.78 is 43.6. The monoisotopic (exact) mass is 443 g/mol. The number of nitrogens with zero attached hydrogens (tertiary/aromatic N) is 1. The van der Waals surface area contributed by atoms with E-state index in [0.29, 0.717) is 16.7 Å². The molecule has 1 unspecified atom stereocenters. The average Bonchev–Trinajstić information content (AvgIpc) is 3.05. The second kappa shape index (κ2) is 9.30. The Kier molecular flexibility index (Phi) is 6.72. The van der Waals surface area contributed by atoms with Crippen LogP contribution in [0.25, 0.3) is 27.7 Å². The number of carbonyl (C=O) groups is 1. The third-order valence-corrected chi connectivity index (χ3v) is 5.01. The molecule has 2 aromatic carbocycles. The molecule has 168 valence electrons. The Balaban J connectivity index is 1.93. The van der Waals surface area contributed by atoms with Crippen LogP contribution in [0.4, 0.5) is 13.2 Å². The van der Waals surface area contributed by atoms with Crippen molar-refractivity contribution in [3.63, 3.8) is 0 Å². The molecule has 0 saturated carbocycles. The van der Waals surface area contributed by atoms with Crippen LogP contribution in [0.15, 0.2) is 58.1 Å². The minimum atomic E-state index is -4.36. The van der Waals surface area contributed by atoms with Gasteiger partial charge in [0.1, 0.15) is 11.3 Å². The van der Waals surface area contributed by atoms with Crippen molar-refractivity contribution in [2.75, 3.05) is 7.05 Å². The molecule has 3 rings (SSSR count). The van der Waals surface area contributed by atoms with Crippen LogP contribution in [-0.4, -0.2) is 31.4 Å². The standard InChI is InChI=1S/C24H24F3N3O2/c1-14(11-24(25,26)27)30-23(31)22-15(2)32-21-9-8-18(10-20(21)22)16-4-6-17(7-5-16)19(12-28)13-29-3/h4-10,12-14H,11,28H2,1-3H3,(H,30,31)/b19-12+,29-13?. The smallest absolute Gasteiger partial charge is 0.391 e. The van der Waals surface area contributed by atoms with Gasteiger partial charge in [-0.2, -0.15) is 13.2 Å². The maximum Gasteiger partial charge on any atom is 0.391 e. The van der Waals surface area contributed by atoms with Gasteiger partial charge in [-0.3, -0.25) is 9.79 Å². The van der Waals surface area contributed by atoms with Crippen LogP contribution in [0.2, 0.25) is 0 Å². The molecule has 0 aliphatic rings. The number of rotatable bonds is 6. The third kappa shape index (κ3) is 5.19. The van der Waals surface area contributed by atoms with Crippen molar-refractivity contribution in [3.05, 3.63) is 65.6 Å². The first-order valence-electron chi connectivity index (χ1n) is 9.98. The van der Waals surface area contributed by atoms with E-state index >= 15 is 0 Å². The number of furan rings is 1. The van der Waals surface area contributed by atoms with Crippen LogP contribution in [0.1, 0.15) is 35.0 Å². The van der Waals surface area contributed by atoms with Gasteiger partial charge in [-0.25, -0.2) is 0 Å². The normalized spacial score (nSPS) is 13.6. The van der Waals surface area contributed by atoms with Crippen molar-refractivity contribution in [1.29, 1.82) is 0 Å². The second-order valence-corrected chi connectivity index (χ2v) is 7.52. The van der Waals surface area contributed by atoms with Gasteiger partial charge in [0.25, 0.3) is 5.91 Å². The van der Waals surface area contributed by atoms with Crippen molar-refractivity contribution in [2.24, 2.45) is 10.7 Å². The fourth-order valence-electron chi connectivity index (χ4n) is 3.58. The number of carbonyl (C=O) groups excluding carboxylic acids is 1. The average molecular weight is 443 g/mol. The molecule has 1 amide bonds. The van der Waals surface area contributed by atoms with Crippen LogP contribution in [0.5, 0.6) is 0 Å². The van der Waals surface area contributed by atoms with Gasteiger partial charge in [-0.05, 0) is 42.7 Å². The van der Waals surface area contributed by atoms with Crippen molar-refractivity contribution < 1.29 is 22.4 Å². The lowest BCUT2D eigenvalue weighted by Crippen LogP contribution is -2.36. The number of aliphatic imine (C=N–C) groups is 1. The van der Waals surface area contributed by atoms with Crippen LogP contribution in [-0.2, 0) is 0 Å². The molecule has 0 saturated heterocycles. The van der Waals surface area contributed by atoms with Gasteiger partial charge in [0, 0.05) is 36.5 Å². The van der Waals surface area contributed by atoms with Crippen LogP contribution in [0.3, 0.4) is 0 Å². The van der Waals surface area contributed by atoms with Crippen molar-refractivity contribution in [2.45, 2.75) is 32.5 Å². The number of nitrogens with one attached hydrogen (secondary N) is 1. The Morgan fingerprint density at radius 1 is 1.19 bits per heavy atom. The molecule has 3 aromatic rings. The summed E-state index contributed by atoms with van der Waals surface area (Å²) in [5.41, 5.74) is 9.80. The summed E-state index contributed by atoms with van der Waals surface area (Å²) in [6.07, 6.45) is -2.32. The van der Waals surface area contributed by atoms with Crippen molar-refractivity contribution >= 4 is 28.7 Å². The Labute approximate surface area is 183 Å². The van der Waals surface area contributed by atoms with Gasteiger partial charge in [0.05, 0.1) is 12.0 Å². The van der Waals surface area contributed by atoms with E-state index in [0.717, 1.165) is 22.3 Å². The zero-order valence-corrected chi connectivity index (χ0v) is 18.0. The molecular formula is C24H24F3N3O2. The Hall–Kier alpha value is -3.55. The highest BCUT2D eigenvalue weighted by atomic mass is 19.4. The maximum atomic E-state index is 12.7. The minimum absolute atomic E-state index is 0.236. The van der Waals surface area contributed by atoms with Crippen molar-refractivity contribution in [3.8, 4) is 11.1 Å². The molecule has 0 bridgehead atoms. The number of halogens is 3. The first kappa shape index (κ1) is 23.1. The SMILES string of the molecule is CN=C/C(=C\N)c1ccc(-c2ccc3oc(C)c(C(=O)NC(C)CC(F)(F)F)c3c2)cc1. The molecular weight excluding hydrogens is 419 g/mol. The van der Waals surface area contributed by atoms with E-state index in [1.165, 1.54) is 13.1 Å². The van der Waals surface area contributed by atoms with E-state index in [-0.39, 0.29) is 5.56 Å². The van der Waals surface area contributed by atoms with Crippen molar-refractivity contribution in [1.82, 2.24) is 5.32 Å². The molecule has 5 nitrogen and oxygen atoms in total. The predicted octanol–water partition coefficient (Wildman–Crippen LogP) is 5.48. The number of nitrogens with two attached hydrogens (primary N) is 1. The highest BCUT2D eigenvalue weighted by molar-refractivity contribution is 6.10. The predicted molar refractivity (Wildman–Crippen MR) is 121 cm³/mol. The van der Waals surface area contributed by atoms with E-state index in [2.05, 4.69) is 10.3 Å². The molecule has 3 N–H and O–H groups in total. The number of benzene rings is 2. The molecule has 0 radical (unpaired) electrons. The Morgan fingerprint density at radius 2 is 1.84 bits per heavy atom. The highest BCUT2D eigenvalue weighted by Gasteiger charge is 2.31. The number of aryl methyl sites for hydroxylation is 1. The zero-order valence-electron chi connectivity index (χ0n) is 18.0. The number of fused-ring (bicyclic) bond motifs is 1. The lowest BCUT2D eigenvalue weighted by Gasteiger charge is -2.15. The van der Waals surface area contributed by atoms with E-state index < -0.39 is 24.5 Å². The lowest BCUT2D eigenvalue weighted by atomic mass is 9.99. The topological polar surface area (TPSA) is 80.6 Å². The number of hydrogen-bond donors (Lipinski definition) is 2. The van der Waals surface area contributed by atoms with E-state index in [4.69, 9.17) is 10.2 Å². The summed E-state index contributed by atoms with van der Waals surface area (Å²) in [6, 6.07) is 12.0. The molecule has 0 aliphatic carbocycles. The highest BCUT2D eigenvalue weighted by Crippen LogP contribution is 2.31. The third-order valence-electron chi connectivity index (χ3n) is 5.01. The summed E-state index contributed by atoms with van der Waals surface area (Å²) in [7, 11) is 1.66. The fraction of sp³-hybridized carbons (Fsp3) is 0.250. The number of amides is 1. The molecule has 0 fully saturated rings. The fourth-order valence-corrected chi connectivity index (χ4v) is 3.58. The Bertz CT molecular complexity index is 1180. The molecule has 0 aliphatic heterocycles. The van der Waals surface area contributed by atoms with Gasteiger partial charge in [-0.15, -0.1) is 0 Å². The van der Waals surface area contributed by atoms with E-state index in [1.54, 1.807) is 32.3 Å². The molecule has 0 spiro atoms. The van der Waals surface area contributed by atoms with Gasteiger partial charge < -0.3 is 15.5 Å². The first-order valence-corrected chi connectivity index (χ1v) is 9.98. The van der Waals surface area contributed by atoms with E-state index in [1.807, 2.05) is 30.3 Å². The quantitative estimate of drug-likeness (QED) is 0.495. The number of allylic oxidation sites excluding steroid dienone is 1. The Morgan fingerprint density at radius 3 is 2.44 bits per heavy atom. The largest absolute Gasteiger partial charge is 0.461 e. The number of alkyl halides is 3. The van der Waals surface area contributed by atoms with Crippen LogP contribution >= 0.6 is 0 Å². The lowest BCUT2D eigenvalue weighted by molar-refractivity contribution is -0.138. The summed E-state index contributed by atoms with van der Waals surface area (Å²) in [6.45, 7) is 2.94. The summed E-state index contributed by atoms with van der Waals surface area (Å²) >= 11 is 0. The molecule has 32 heavy (non-hydrogen) atoms. The van der Waals surface area contributed by atoms with Crippen LogP contribution in [0, 0.1) is 6.92 Å². The number of hydrogen-bond acceptors (Lipinski definition) is 4. The second-order valence-electron chi connectivity index (χ2n) is 7.52. The summed E-state index contributed by atoms with van der Waals surface area (Å²) in [4.78, 5) is 16.7. The maximum absolute atomic E-state index is 12.7. The molecule has 1 atom stereocenters. The minimum Gasteiger partial charge on any atom is -0.461 e. The first-order chi connectivity index (χ1) is 15.1. The molecule has 1 heterocycles. The summed E-state index contributed by atoms with van der Waals surface area (Å²) in [5.74, 6) is -0.247. The van der Waals surface area contributed by atoms with Gasteiger partial charge >= 0.3 is 6.18 Å². The zero-order chi connectivity index (χ0) is 23.5. The molecule has 8 heteroatoms. The van der Waals surface area contributed by atoms with Gasteiger partial charge in [0.2, 0.25) is 0 Å².